The predicted octanol–water partition coefficient (Wildman–Crippen LogP) is 2.88. The van der Waals surface area contributed by atoms with Gasteiger partial charge in [0.15, 0.2) is 0 Å². The molecule has 4 rings (SSSR count). The largest absolute Gasteiger partial charge is 0.325 e. The zero-order valence-corrected chi connectivity index (χ0v) is 14.3. The number of hydrogen-bond acceptors (Lipinski definition) is 5. The second kappa shape index (κ2) is 5.26. The van der Waals surface area contributed by atoms with Gasteiger partial charge in [-0.25, -0.2) is 15.0 Å². The molecule has 0 bridgehead atoms. The summed E-state index contributed by atoms with van der Waals surface area (Å²) in [6, 6.07) is 4.00. The maximum atomic E-state index is 11.3. The van der Waals surface area contributed by atoms with Crippen LogP contribution in [0, 0.1) is 6.92 Å². The molecule has 2 aliphatic rings. The number of nitrogens with zero attached hydrogens (tertiary/aromatic N) is 4. The lowest BCUT2D eigenvalue weighted by Gasteiger charge is -2.20. The number of carbonyl (C=O) groups excluding carboxylic acids is 1. The van der Waals surface area contributed by atoms with Gasteiger partial charge >= 0.3 is 0 Å². The highest BCUT2D eigenvalue weighted by Gasteiger charge is 2.52. The molecule has 1 aliphatic carbocycles. The zero-order chi connectivity index (χ0) is 16.9. The van der Waals surface area contributed by atoms with Gasteiger partial charge in [0, 0.05) is 54.9 Å². The Labute approximate surface area is 141 Å². The summed E-state index contributed by atoms with van der Waals surface area (Å²) in [5.41, 5.74) is 3.56. The molecule has 1 amide bonds. The minimum Gasteiger partial charge on any atom is -0.325 e. The van der Waals surface area contributed by atoms with Crippen molar-refractivity contribution in [3.05, 3.63) is 35.4 Å². The van der Waals surface area contributed by atoms with E-state index in [1.807, 2.05) is 25.3 Å². The van der Waals surface area contributed by atoms with Crippen LogP contribution in [-0.4, -0.2) is 27.4 Å². The summed E-state index contributed by atoms with van der Waals surface area (Å²) in [6.45, 7) is 6.49. The van der Waals surface area contributed by atoms with Crippen LogP contribution < -0.4 is 10.2 Å². The number of nitrogens with one attached hydrogen (secondary N) is 1. The van der Waals surface area contributed by atoms with Crippen LogP contribution in [0.15, 0.2) is 18.3 Å². The van der Waals surface area contributed by atoms with E-state index in [0.717, 1.165) is 36.0 Å². The van der Waals surface area contributed by atoms with Crippen LogP contribution in [0.2, 0.25) is 0 Å². The summed E-state index contributed by atoms with van der Waals surface area (Å²) in [4.78, 5) is 27.2. The van der Waals surface area contributed by atoms with Gasteiger partial charge in [-0.2, -0.15) is 0 Å². The highest BCUT2D eigenvalue weighted by Crippen LogP contribution is 2.57. The third-order valence-corrected chi connectivity index (χ3v) is 4.84. The van der Waals surface area contributed by atoms with Crippen molar-refractivity contribution < 1.29 is 4.79 Å². The Morgan fingerprint density at radius 2 is 2.12 bits per heavy atom. The number of anilines is 3. The molecule has 1 aliphatic heterocycles. The number of hydrogen-bond donors (Lipinski definition) is 1. The third-order valence-electron chi connectivity index (χ3n) is 4.84. The van der Waals surface area contributed by atoms with Crippen LogP contribution in [0.25, 0.3) is 0 Å². The van der Waals surface area contributed by atoms with E-state index in [9.17, 15) is 4.79 Å². The molecule has 0 atom stereocenters. The Kier molecular flexibility index (Phi) is 3.30. The number of carbonyl (C=O) groups is 1. The van der Waals surface area contributed by atoms with Gasteiger partial charge in [0.25, 0.3) is 0 Å². The van der Waals surface area contributed by atoms with Crippen molar-refractivity contribution in [2.75, 3.05) is 16.8 Å². The van der Waals surface area contributed by atoms with Crippen molar-refractivity contribution in [1.82, 2.24) is 15.0 Å². The molecule has 0 unspecified atom stereocenters. The van der Waals surface area contributed by atoms with Crippen molar-refractivity contribution >= 4 is 23.2 Å². The summed E-state index contributed by atoms with van der Waals surface area (Å²) >= 11 is 0. The molecule has 6 heteroatoms. The van der Waals surface area contributed by atoms with Crippen LogP contribution in [-0.2, 0) is 16.6 Å². The third kappa shape index (κ3) is 2.42. The SMILES string of the molecule is CCc1nc(C)cc(N2CC3(CC3)c3cnc(NC(C)=O)cc32)n1. The molecular weight excluding hydrogens is 302 g/mol. The van der Waals surface area contributed by atoms with Gasteiger partial charge in [0.2, 0.25) is 5.91 Å². The van der Waals surface area contributed by atoms with Gasteiger partial charge in [0.1, 0.15) is 17.5 Å². The number of aromatic nitrogens is 3. The van der Waals surface area contributed by atoms with Crippen molar-refractivity contribution in [3.8, 4) is 0 Å². The van der Waals surface area contributed by atoms with E-state index in [0.29, 0.717) is 5.82 Å². The smallest absolute Gasteiger partial charge is 0.222 e. The summed E-state index contributed by atoms with van der Waals surface area (Å²) in [5.74, 6) is 2.27. The highest BCUT2D eigenvalue weighted by molar-refractivity contribution is 5.89. The standard InChI is InChI=1S/C18H21N5O/c1-4-15-20-11(2)7-17(22-15)23-10-18(5-6-18)13-9-19-16(8-14(13)23)21-12(3)24/h7-9H,4-6,10H2,1-3H3,(H,19,21,24). The van der Waals surface area contributed by atoms with Gasteiger partial charge in [-0.1, -0.05) is 6.92 Å². The molecule has 1 N–H and O–H groups in total. The second-order valence-electron chi connectivity index (χ2n) is 6.77. The lowest BCUT2D eigenvalue weighted by Crippen LogP contribution is -2.21. The number of pyridine rings is 1. The summed E-state index contributed by atoms with van der Waals surface area (Å²) in [6.07, 6.45) is 5.10. The fraction of sp³-hybridized carbons (Fsp3) is 0.444. The number of rotatable bonds is 3. The van der Waals surface area contributed by atoms with Gasteiger partial charge in [-0.05, 0) is 19.8 Å². The molecule has 6 nitrogen and oxygen atoms in total. The second-order valence-corrected chi connectivity index (χ2v) is 6.77. The first kappa shape index (κ1) is 15.1. The van der Waals surface area contributed by atoms with Crippen molar-refractivity contribution in [1.29, 1.82) is 0 Å². The molecule has 0 radical (unpaired) electrons. The lowest BCUT2D eigenvalue weighted by atomic mass is 10.0. The average molecular weight is 323 g/mol. The molecular formula is C18H21N5O. The molecule has 124 valence electrons. The molecule has 24 heavy (non-hydrogen) atoms. The monoisotopic (exact) mass is 323 g/mol. The summed E-state index contributed by atoms with van der Waals surface area (Å²) in [7, 11) is 0. The van der Waals surface area contributed by atoms with Gasteiger partial charge in [-0.15, -0.1) is 0 Å². The Bertz CT molecular complexity index is 828. The molecule has 2 aromatic heterocycles. The molecule has 1 fully saturated rings. The van der Waals surface area contributed by atoms with E-state index in [2.05, 4.69) is 27.1 Å². The van der Waals surface area contributed by atoms with Crippen molar-refractivity contribution in [3.63, 3.8) is 0 Å². The fourth-order valence-electron chi connectivity index (χ4n) is 3.49. The highest BCUT2D eigenvalue weighted by atomic mass is 16.1. The van der Waals surface area contributed by atoms with Crippen molar-refractivity contribution in [2.24, 2.45) is 0 Å². The Balaban J connectivity index is 1.79. The fourth-order valence-corrected chi connectivity index (χ4v) is 3.49. The van der Waals surface area contributed by atoms with E-state index in [1.165, 1.54) is 25.3 Å². The van der Waals surface area contributed by atoms with Crippen LogP contribution in [0.5, 0.6) is 0 Å². The molecule has 1 saturated carbocycles. The normalized spacial score (nSPS) is 17.0. The maximum Gasteiger partial charge on any atom is 0.222 e. The first-order valence-corrected chi connectivity index (χ1v) is 8.41. The first-order chi connectivity index (χ1) is 11.5. The summed E-state index contributed by atoms with van der Waals surface area (Å²) < 4.78 is 0. The van der Waals surface area contributed by atoms with Crippen LogP contribution >= 0.6 is 0 Å². The maximum absolute atomic E-state index is 11.3. The molecule has 0 aromatic carbocycles. The van der Waals surface area contributed by atoms with Crippen LogP contribution in [0.1, 0.15) is 43.8 Å². The van der Waals surface area contributed by atoms with Gasteiger partial charge in [0.05, 0.1) is 5.69 Å². The van der Waals surface area contributed by atoms with Gasteiger partial charge in [-0.3, -0.25) is 4.79 Å². The van der Waals surface area contributed by atoms with Crippen molar-refractivity contribution in [2.45, 2.75) is 45.4 Å². The Hall–Kier alpha value is -2.50. The number of fused-ring (bicyclic) bond motifs is 2. The lowest BCUT2D eigenvalue weighted by molar-refractivity contribution is -0.114. The quantitative estimate of drug-likeness (QED) is 0.940. The number of amides is 1. The van der Waals surface area contributed by atoms with E-state index < -0.39 is 0 Å². The van der Waals surface area contributed by atoms with Gasteiger partial charge < -0.3 is 10.2 Å². The molecule has 2 aromatic rings. The molecule has 3 heterocycles. The first-order valence-electron chi connectivity index (χ1n) is 8.41. The molecule has 1 spiro atoms. The topological polar surface area (TPSA) is 71.0 Å². The van der Waals surface area contributed by atoms with Crippen LogP contribution in [0.4, 0.5) is 17.3 Å². The summed E-state index contributed by atoms with van der Waals surface area (Å²) in [5, 5.41) is 2.78. The number of aryl methyl sites for hydroxylation is 2. The minimum atomic E-state index is -0.112. The Morgan fingerprint density at radius 1 is 1.33 bits per heavy atom. The average Bonchev–Trinajstić information content (AvgIpc) is 3.24. The van der Waals surface area contributed by atoms with E-state index in [-0.39, 0.29) is 11.3 Å². The van der Waals surface area contributed by atoms with E-state index >= 15 is 0 Å². The molecule has 0 saturated heterocycles. The predicted molar refractivity (Wildman–Crippen MR) is 92.6 cm³/mol. The zero-order valence-electron chi connectivity index (χ0n) is 14.3. The Morgan fingerprint density at radius 3 is 2.79 bits per heavy atom. The minimum absolute atomic E-state index is 0.112. The van der Waals surface area contributed by atoms with Crippen LogP contribution in [0.3, 0.4) is 0 Å². The van der Waals surface area contributed by atoms with E-state index in [4.69, 9.17) is 4.98 Å². The van der Waals surface area contributed by atoms with E-state index in [1.54, 1.807) is 0 Å².